The third kappa shape index (κ3) is 4.02. The highest BCUT2D eigenvalue weighted by molar-refractivity contribution is 6.06. The number of nitrogens with one attached hydrogen (secondary N) is 1. The molecule has 5 heteroatoms. The molecule has 2 aromatic heterocycles. The summed E-state index contributed by atoms with van der Waals surface area (Å²) in [6, 6.07) is 36.0. The molecule has 5 nitrogen and oxygen atoms in total. The van der Waals surface area contributed by atoms with E-state index in [9.17, 15) is 4.79 Å². The molecule has 6 rings (SSSR count). The lowest BCUT2D eigenvalue weighted by atomic mass is 9.98. The second kappa shape index (κ2) is 9.03. The number of rotatable bonds is 6. The zero-order valence-corrected chi connectivity index (χ0v) is 19.1. The Labute approximate surface area is 203 Å². The molecule has 0 aliphatic heterocycles. The molecule has 0 aliphatic carbocycles. The Hall–Kier alpha value is -4.51. The predicted molar refractivity (Wildman–Crippen MR) is 140 cm³/mol. The summed E-state index contributed by atoms with van der Waals surface area (Å²) < 4.78 is 2.11. The quantitative estimate of drug-likeness (QED) is 0.333. The number of aromatic nitrogens is 3. The van der Waals surface area contributed by atoms with Gasteiger partial charge in [0.1, 0.15) is 5.52 Å². The highest BCUT2D eigenvalue weighted by Gasteiger charge is 2.18. The fraction of sp³-hybridized carbons (Fsp3) is 0.100. The van der Waals surface area contributed by atoms with Gasteiger partial charge < -0.3 is 9.88 Å². The molecule has 4 aromatic carbocycles. The van der Waals surface area contributed by atoms with Crippen molar-refractivity contribution in [2.75, 3.05) is 0 Å². The average molecular weight is 457 g/mol. The number of fused-ring (bicyclic) bond motifs is 4. The number of amides is 1. The van der Waals surface area contributed by atoms with Gasteiger partial charge in [0.05, 0.1) is 22.6 Å². The van der Waals surface area contributed by atoms with Crippen LogP contribution in [0.2, 0.25) is 0 Å². The number of carbonyl (C=O) groups is 1. The first kappa shape index (κ1) is 21.1. The van der Waals surface area contributed by atoms with E-state index >= 15 is 0 Å². The molecule has 1 amide bonds. The first-order chi connectivity index (χ1) is 17.3. The lowest BCUT2D eigenvalue weighted by Crippen LogP contribution is -2.30. The molecule has 35 heavy (non-hydrogen) atoms. The van der Waals surface area contributed by atoms with Crippen molar-refractivity contribution >= 4 is 39.0 Å². The molecule has 0 radical (unpaired) electrons. The molecule has 170 valence electrons. The zero-order chi connectivity index (χ0) is 23.6. The van der Waals surface area contributed by atoms with Crippen LogP contribution in [-0.4, -0.2) is 20.4 Å². The largest absolute Gasteiger partial charge is 0.345 e. The van der Waals surface area contributed by atoms with Gasteiger partial charge in [0.25, 0.3) is 0 Å². The Morgan fingerprint density at radius 2 is 1.29 bits per heavy atom. The van der Waals surface area contributed by atoms with Gasteiger partial charge >= 0.3 is 0 Å². The molecule has 0 saturated carbocycles. The lowest BCUT2D eigenvalue weighted by molar-refractivity contribution is -0.121. The monoisotopic (exact) mass is 456 g/mol. The third-order valence-corrected chi connectivity index (χ3v) is 6.39. The van der Waals surface area contributed by atoms with E-state index in [0.29, 0.717) is 13.0 Å². The van der Waals surface area contributed by atoms with E-state index in [2.05, 4.69) is 22.0 Å². The van der Waals surface area contributed by atoms with Crippen LogP contribution < -0.4 is 5.32 Å². The first-order valence-corrected chi connectivity index (χ1v) is 11.8. The van der Waals surface area contributed by atoms with E-state index in [1.807, 2.05) is 97.1 Å². The van der Waals surface area contributed by atoms with Crippen molar-refractivity contribution in [2.24, 2.45) is 0 Å². The van der Waals surface area contributed by atoms with Crippen molar-refractivity contribution in [2.45, 2.75) is 19.0 Å². The Bertz CT molecular complexity index is 1600. The van der Waals surface area contributed by atoms with Crippen LogP contribution >= 0.6 is 0 Å². The minimum absolute atomic E-state index is 0.0117. The Morgan fingerprint density at radius 3 is 1.97 bits per heavy atom. The van der Waals surface area contributed by atoms with E-state index in [1.54, 1.807) is 0 Å². The predicted octanol–water partition coefficient (Wildman–Crippen LogP) is 6.03. The molecule has 0 unspecified atom stereocenters. The SMILES string of the molecule is O=C(CCn1c2ccccc2c2nc3ccccc3nc21)NC(c1ccccc1)c1ccccc1. The molecule has 0 saturated heterocycles. The van der Waals surface area contributed by atoms with Crippen LogP contribution in [0.25, 0.3) is 33.1 Å². The van der Waals surface area contributed by atoms with Crippen LogP contribution in [0, 0.1) is 0 Å². The number of hydrogen-bond donors (Lipinski definition) is 1. The first-order valence-electron chi connectivity index (χ1n) is 11.8. The van der Waals surface area contributed by atoms with Crippen molar-refractivity contribution in [1.29, 1.82) is 0 Å². The molecule has 0 fully saturated rings. The van der Waals surface area contributed by atoms with Gasteiger partial charge in [-0.3, -0.25) is 4.79 Å². The number of benzene rings is 4. The fourth-order valence-electron chi connectivity index (χ4n) is 4.71. The summed E-state index contributed by atoms with van der Waals surface area (Å²) in [4.78, 5) is 23.0. The van der Waals surface area contributed by atoms with Crippen LogP contribution in [0.15, 0.2) is 109 Å². The lowest BCUT2D eigenvalue weighted by Gasteiger charge is -2.20. The maximum Gasteiger partial charge on any atom is 0.222 e. The number of aryl methyl sites for hydroxylation is 1. The molecule has 0 aliphatic rings. The topological polar surface area (TPSA) is 59.8 Å². The maximum atomic E-state index is 13.2. The minimum Gasteiger partial charge on any atom is -0.345 e. The van der Waals surface area contributed by atoms with Gasteiger partial charge in [0.2, 0.25) is 5.91 Å². The smallest absolute Gasteiger partial charge is 0.222 e. The average Bonchev–Trinajstić information content (AvgIpc) is 3.22. The Morgan fingerprint density at radius 1 is 0.714 bits per heavy atom. The number of carbonyl (C=O) groups excluding carboxylic acids is 1. The van der Waals surface area contributed by atoms with Crippen molar-refractivity contribution in [3.8, 4) is 0 Å². The maximum absolute atomic E-state index is 13.2. The summed E-state index contributed by atoms with van der Waals surface area (Å²) >= 11 is 0. The molecule has 0 bridgehead atoms. The van der Waals surface area contributed by atoms with Gasteiger partial charge in [0, 0.05) is 18.4 Å². The molecule has 1 N–H and O–H groups in total. The van der Waals surface area contributed by atoms with E-state index in [4.69, 9.17) is 9.97 Å². The van der Waals surface area contributed by atoms with Gasteiger partial charge in [0.15, 0.2) is 5.65 Å². The number of para-hydroxylation sites is 3. The van der Waals surface area contributed by atoms with E-state index in [1.165, 1.54) is 0 Å². The summed E-state index contributed by atoms with van der Waals surface area (Å²) in [5, 5.41) is 4.30. The highest BCUT2D eigenvalue weighted by atomic mass is 16.1. The summed E-state index contributed by atoms with van der Waals surface area (Å²) in [6.07, 6.45) is 0.332. The van der Waals surface area contributed by atoms with Crippen LogP contribution in [0.4, 0.5) is 0 Å². The minimum atomic E-state index is -0.202. The van der Waals surface area contributed by atoms with Gasteiger partial charge in [-0.05, 0) is 29.3 Å². The second-order valence-electron chi connectivity index (χ2n) is 8.63. The van der Waals surface area contributed by atoms with Crippen molar-refractivity contribution in [3.05, 3.63) is 120 Å². The second-order valence-corrected chi connectivity index (χ2v) is 8.63. The molecular formula is C30H24N4O. The van der Waals surface area contributed by atoms with Gasteiger partial charge in [-0.2, -0.15) is 0 Å². The number of nitrogens with zero attached hydrogens (tertiary/aromatic N) is 3. The fourth-order valence-corrected chi connectivity index (χ4v) is 4.71. The normalized spacial score (nSPS) is 11.5. The van der Waals surface area contributed by atoms with Crippen LogP contribution in [0.1, 0.15) is 23.6 Å². The van der Waals surface area contributed by atoms with Crippen LogP contribution in [0.3, 0.4) is 0 Å². The summed E-state index contributed by atoms with van der Waals surface area (Å²) in [6.45, 7) is 0.513. The zero-order valence-electron chi connectivity index (χ0n) is 19.1. The summed E-state index contributed by atoms with van der Waals surface area (Å²) in [5.41, 5.74) is 6.54. The molecular weight excluding hydrogens is 432 g/mol. The van der Waals surface area contributed by atoms with E-state index in [0.717, 1.165) is 44.2 Å². The Kier molecular flexibility index (Phi) is 5.43. The summed E-state index contributed by atoms with van der Waals surface area (Å²) in [5.74, 6) is -0.0117. The standard InChI is InChI=1S/C30H24N4O/c35-27(33-28(21-11-3-1-4-12-21)22-13-5-2-6-14-22)19-20-34-26-18-10-7-15-23(26)29-30(34)32-25-17-9-8-16-24(25)31-29/h1-18,28H,19-20H2,(H,33,35). The van der Waals surface area contributed by atoms with E-state index in [-0.39, 0.29) is 11.9 Å². The van der Waals surface area contributed by atoms with Gasteiger partial charge in [-0.25, -0.2) is 9.97 Å². The van der Waals surface area contributed by atoms with Crippen LogP contribution in [-0.2, 0) is 11.3 Å². The van der Waals surface area contributed by atoms with E-state index < -0.39 is 0 Å². The van der Waals surface area contributed by atoms with Crippen molar-refractivity contribution < 1.29 is 4.79 Å². The van der Waals surface area contributed by atoms with Gasteiger partial charge in [-0.15, -0.1) is 0 Å². The Balaban J connectivity index is 1.32. The summed E-state index contributed by atoms with van der Waals surface area (Å²) in [7, 11) is 0. The highest BCUT2D eigenvalue weighted by Crippen LogP contribution is 2.28. The third-order valence-electron chi connectivity index (χ3n) is 6.39. The molecule has 0 atom stereocenters. The van der Waals surface area contributed by atoms with Crippen LogP contribution in [0.5, 0.6) is 0 Å². The number of hydrogen-bond acceptors (Lipinski definition) is 3. The van der Waals surface area contributed by atoms with Gasteiger partial charge in [-0.1, -0.05) is 91.0 Å². The molecule has 0 spiro atoms. The van der Waals surface area contributed by atoms with Crippen molar-refractivity contribution in [1.82, 2.24) is 19.9 Å². The molecule has 6 aromatic rings. The van der Waals surface area contributed by atoms with Crippen molar-refractivity contribution in [3.63, 3.8) is 0 Å². The molecule has 2 heterocycles.